The fraction of sp³-hybridized carbons (Fsp3) is 0.538. The fourth-order valence-corrected chi connectivity index (χ4v) is 2.36. The van der Waals surface area contributed by atoms with Crippen LogP contribution < -0.4 is 4.74 Å². The van der Waals surface area contributed by atoms with Crippen LogP contribution in [-0.4, -0.2) is 11.2 Å². The third kappa shape index (κ3) is 4.38. The van der Waals surface area contributed by atoms with Gasteiger partial charge in [-0.25, -0.2) is 0 Å². The van der Waals surface area contributed by atoms with Crippen molar-refractivity contribution in [3.63, 3.8) is 0 Å². The van der Waals surface area contributed by atoms with Crippen molar-refractivity contribution in [2.75, 3.05) is 0 Å². The van der Waals surface area contributed by atoms with Crippen molar-refractivity contribution in [1.29, 1.82) is 0 Å². The van der Waals surface area contributed by atoms with Crippen LogP contribution >= 0.6 is 23.2 Å². The summed E-state index contributed by atoms with van der Waals surface area (Å²) >= 11 is 11.9. The summed E-state index contributed by atoms with van der Waals surface area (Å²) in [4.78, 5) is 0. The monoisotopic (exact) mass is 276 g/mol. The van der Waals surface area contributed by atoms with E-state index in [1.165, 1.54) is 0 Å². The molecule has 1 N–H and O–H groups in total. The lowest BCUT2D eigenvalue weighted by atomic mass is 10.1. The van der Waals surface area contributed by atoms with Gasteiger partial charge in [0.1, 0.15) is 5.75 Å². The van der Waals surface area contributed by atoms with E-state index in [0.717, 1.165) is 6.42 Å². The van der Waals surface area contributed by atoms with E-state index < -0.39 is 0 Å². The van der Waals surface area contributed by atoms with Gasteiger partial charge in [-0.15, -0.1) is 0 Å². The summed E-state index contributed by atoms with van der Waals surface area (Å²) in [5.41, 5.74) is 0.623. The highest BCUT2D eigenvalue weighted by Crippen LogP contribution is 2.33. The van der Waals surface area contributed by atoms with Gasteiger partial charge in [0.25, 0.3) is 0 Å². The van der Waals surface area contributed by atoms with Gasteiger partial charge in [0.2, 0.25) is 0 Å². The number of rotatable bonds is 5. The van der Waals surface area contributed by atoms with Crippen LogP contribution in [0.2, 0.25) is 10.0 Å². The molecule has 0 aliphatic heterocycles. The van der Waals surface area contributed by atoms with Gasteiger partial charge in [0.05, 0.1) is 17.7 Å². The number of benzene rings is 1. The predicted octanol–water partition coefficient (Wildman–Crippen LogP) is 4.30. The topological polar surface area (TPSA) is 29.5 Å². The summed E-state index contributed by atoms with van der Waals surface area (Å²) in [6, 6.07) is 3.30. The van der Waals surface area contributed by atoms with Crippen molar-refractivity contribution >= 4 is 23.2 Å². The first-order chi connectivity index (χ1) is 7.93. The minimum Gasteiger partial charge on any atom is -0.489 e. The number of halogens is 2. The number of hydrogen-bond acceptors (Lipinski definition) is 2. The smallest absolute Gasteiger partial charge is 0.143 e. The second-order valence-corrected chi connectivity index (χ2v) is 5.44. The van der Waals surface area contributed by atoms with Crippen LogP contribution in [-0.2, 0) is 6.61 Å². The van der Waals surface area contributed by atoms with E-state index in [2.05, 4.69) is 13.8 Å². The molecule has 4 heteroatoms. The Balaban J connectivity index is 2.89. The Kier molecular flexibility index (Phi) is 5.57. The Morgan fingerprint density at radius 2 is 1.88 bits per heavy atom. The van der Waals surface area contributed by atoms with Crippen molar-refractivity contribution in [1.82, 2.24) is 0 Å². The molecule has 1 unspecified atom stereocenters. The first kappa shape index (κ1) is 14.6. The van der Waals surface area contributed by atoms with E-state index in [0.29, 0.717) is 27.3 Å². The van der Waals surface area contributed by atoms with E-state index in [1.807, 2.05) is 6.92 Å². The first-order valence-electron chi connectivity index (χ1n) is 5.69. The summed E-state index contributed by atoms with van der Waals surface area (Å²) in [5.74, 6) is 1.08. The highest BCUT2D eigenvalue weighted by atomic mass is 35.5. The van der Waals surface area contributed by atoms with Crippen LogP contribution in [0.3, 0.4) is 0 Å². The Labute approximate surface area is 113 Å². The normalized spacial score (nSPS) is 12.9. The lowest BCUT2D eigenvalue weighted by Crippen LogP contribution is -2.15. The number of aliphatic hydroxyl groups is 1. The molecule has 2 nitrogen and oxygen atoms in total. The minimum absolute atomic E-state index is 0.0546. The summed E-state index contributed by atoms with van der Waals surface area (Å²) in [6.45, 7) is 6.13. The van der Waals surface area contributed by atoms with Gasteiger partial charge in [0.15, 0.2) is 0 Å². The van der Waals surface area contributed by atoms with Crippen LogP contribution in [0.4, 0.5) is 0 Å². The van der Waals surface area contributed by atoms with Crippen LogP contribution in [0.5, 0.6) is 5.75 Å². The molecule has 0 bridgehead atoms. The molecule has 0 amide bonds. The standard InChI is InChI=1S/C13H18Cl2O2/c1-8(2)4-9(3)17-13-10(7-16)5-11(14)6-12(13)15/h5-6,8-9,16H,4,7H2,1-3H3. The van der Waals surface area contributed by atoms with E-state index in [4.69, 9.17) is 27.9 Å². The van der Waals surface area contributed by atoms with Crippen LogP contribution in [0.25, 0.3) is 0 Å². The molecular formula is C13H18Cl2O2. The Morgan fingerprint density at radius 3 is 2.41 bits per heavy atom. The van der Waals surface area contributed by atoms with Crippen molar-refractivity contribution < 1.29 is 9.84 Å². The minimum atomic E-state index is -0.135. The van der Waals surface area contributed by atoms with E-state index >= 15 is 0 Å². The van der Waals surface area contributed by atoms with Gasteiger partial charge in [-0.3, -0.25) is 0 Å². The van der Waals surface area contributed by atoms with Crippen molar-refractivity contribution in [2.45, 2.75) is 39.9 Å². The highest BCUT2D eigenvalue weighted by Gasteiger charge is 2.14. The number of aliphatic hydroxyl groups excluding tert-OH is 1. The molecule has 0 heterocycles. The van der Waals surface area contributed by atoms with Gasteiger partial charge < -0.3 is 9.84 Å². The van der Waals surface area contributed by atoms with Crippen molar-refractivity contribution in [3.8, 4) is 5.75 Å². The van der Waals surface area contributed by atoms with Crippen molar-refractivity contribution in [2.24, 2.45) is 5.92 Å². The van der Waals surface area contributed by atoms with E-state index in [-0.39, 0.29) is 12.7 Å². The Hall–Kier alpha value is -0.440. The molecule has 0 aromatic heterocycles. The van der Waals surface area contributed by atoms with Crippen LogP contribution in [0.1, 0.15) is 32.8 Å². The largest absolute Gasteiger partial charge is 0.489 e. The Morgan fingerprint density at radius 1 is 1.24 bits per heavy atom. The molecule has 0 saturated heterocycles. The van der Waals surface area contributed by atoms with E-state index in [9.17, 15) is 5.11 Å². The maximum Gasteiger partial charge on any atom is 0.143 e. The fourth-order valence-electron chi connectivity index (χ4n) is 1.78. The molecule has 0 radical (unpaired) electrons. The molecule has 1 atom stereocenters. The summed E-state index contributed by atoms with van der Waals surface area (Å²) in [5, 5.41) is 10.2. The van der Waals surface area contributed by atoms with E-state index in [1.54, 1.807) is 12.1 Å². The van der Waals surface area contributed by atoms with Gasteiger partial charge >= 0.3 is 0 Å². The summed E-state index contributed by atoms with van der Waals surface area (Å²) in [7, 11) is 0. The predicted molar refractivity (Wildman–Crippen MR) is 71.9 cm³/mol. The molecule has 0 aliphatic rings. The van der Waals surface area contributed by atoms with Crippen LogP contribution in [0.15, 0.2) is 12.1 Å². The molecular weight excluding hydrogens is 259 g/mol. The molecule has 1 aromatic carbocycles. The summed E-state index contributed by atoms with van der Waals surface area (Å²) in [6.07, 6.45) is 0.989. The third-order valence-corrected chi connectivity index (χ3v) is 2.88. The van der Waals surface area contributed by atoms with Gasteiger partial charge in [0, 0.05) is 10.6 Å². The molecule has 0 spiro atoms. The van der Waals surface area contributed by atoms with Crippen molar-refractivity contribution in [3.05, 3.63) is 27.7 Å². The van der Waals surface area contributed by atoms with Gasteiger partial charge in [-0.1, -0.05) is 37.0 Å². The zero-order valence-electron chi connectivity index (χ0n) is 10.3. The molecule has 1 aromatic rings. The molecule has 0 aliphatic carbocycles. The zero-order valence-corrected chi connectivity index (χ0v) is 11.8. The average Bonchev–Trinajstić information content (AvgIpc) is 2.20. The molecule has 96 valence electrons. The summed E-state index contributed by atoms with van der Waals surface area (Å²) < 4.78 is 5.78. The second-order valence-electron chi connectivity index (χ2n) is 4.59. The molecule has 17 heavy (non-hydrogen) atoms. The average molecular weight is 277 g/mol. The molecule has 0 fully saturated rings. The molecule has 0 saturated carbocycles. The number of ether oxygens (including phenoxy) is 1. The molecule has 1 rings (SSSR count). The SMILES string of the molecule is CC(C)CC(C)Oc1c(Cl)cc(Cl)cc1CO. The lowest BCUT2D eigenvalue weighted by molar-refractivity contribution is 0.185. The first-order valence-corrected chi connectivity index (χ1v) is 6.45. The second kappa shape index (κ2) is 6.48. The third-order valence-electron chi connectivity index (χ3n) is 2.38. The lowest BCUT2D eigenvalue weighted by Gasteiger charge is -2.19. The van der Waals surface area contributed by atoms with Crippen LogP contribution in [0, 0.1) is 5.92 Å². The zero-order chi connectivity index (χ0) is 13.0. The maximum atomic E-state index is 9.26. The maximum absolute atomic E-state index is 9.26. The van der Waals surface area contributed by atoms with Gasteiger partial charge in [-0.2, -0.15) is 0 Å². The van der Waals surface area contributed by atoms with Gasteiger partial charge in [-0.05, 0) is 31.4 Å². The quantitative estimate of drug-likeness (QED) is 0.869. The number of hydrogen-bond donors (Lipinski definition) is 1. The highest BCUT2D eigenvalue weighted by molar-refractivity contribution is 6.35. The Bertz CT molecular complexity index is 378.